The fraction of sp³-hybridized carbons (Fsp3) is 0.478. The SMILES string of the molecule is CCOc1cc2c(cc1OC)C(c1ccc(OC)nc1OC)=N[C@H]1CC[C@H](O)C[C@@H]21. The quantitative estimate of drug-likeness (QED) is 0.784. The average Bonchev–Trinajstić information content (AvgIpc) is 2.78. The van der Waals surface area contributed by atoms with Crippen molar-refractivity contribution in [1.82, 2.24) is 4.98 Å². The van der Waals surface area contributed by atoms with Gasteiger partial charge >= 0.3 is 0 Å². The number of aromatic nitrogens is 1. The third kappa shape index (κ3) is 3.58. The van der Waals surface area contributed by atoms with Gasteiger partial charge in [0, 0.05) is 17.5 Å². The number of aliphatic hydroxyl groups is 1. The van der Waals surface area contributed by atoms with Crippen LogP contribution in [0.15, 0.2) is 29.3 Å². The molecular formula is C23H28N2O5. The van der Waals surface area contributed by atoms with E-state index >= 15 is 0 Å². The Morgan fingerprint density at radius 1 is 1.00 bits per heavy atom. The van der Waals surface area contributed by atoms with Gasteiger partial charge in [0.15, 0.2) is 11.5 Å². The molecule has 4 rings (SSSR count). The maximum atomic E-state index is 10.3. The van der Waals surface area contributed by atoms with Gasteiger partial charge in [-0.2, -0.15) is 4.98 Å². The number of fused-ring (bicyclic) bond motifs is 3. The van der Waals surface area contributed by atoms with Crippen molar-refractivity contribution in [3.8, 4) is 23.3 Å². The number of benzene rings is 1. The van der Waals surface area contributed by atoms with Crippen LogP contribution in [0, 0.1) is 0 Å². The van der Waals surface area contributed by atoms with Gasteiger partial charge < -0.3 is 24.1 Å². The van der Waals surface area contributed by atoms with Gasteiger partial charge in [-0.3, -0.25) is 4.99 Å². The van der Waals surface area contributed by atoms with Gasteiger partial charge in [-0.25, -0.2) is 0 Å². The molecule has 0 saturated heterocycles. The number of pyridine rings is 1. The smallest absolute Gasteiger partial charge is 0.226 e. The van der Waals surface area contributed by atoms with Crippen molar-refractivity contribution >= 4 is 5.71 Å². The third-order valence-corrected chi connectivity index (χ3v) is 5.86. The summed E-state index contributed by atoms with van der Waals surface area (Å²) in [4.78, 5) is 9.56. The second-order valence-electron chi connectivity index (χ2n) is 7.55. The summed E-state index contributed by atoms with van der Waals surface area (Å²) in [5.74, 6) is 2.43. The normalized spacial score (nSPS) is 22.4. The zero-order chi connectivity index (χ0) is 21.3. The second kappa shape index (κ2) is 8.52. The zero-order valence-corrected chi connectivity index (χ0v) is 17.8. The first-order valence-corrected chi connectivity index (χ1v) is 10.3. The Labute approximate surface area is 176 Å². The van der Waals surface area contributed by atoms with Crippen molar-refractivity contribution in [3.63, 3.8) is 0 Å². The number of hydrogen-bond donors (Lipinski definition) is 1. The molecule has 1 saturated carbocycles. The predicted octanol–water partition coefficient (Wildman–Crippen LogP) is 3.35. The Kier molecular flexibility index (Phi) is 5.81. The number of aliphatic imine (C=N–C) groups is 1. The van der Waals surface area contributed by atoms with E-state index in [-0.39, 0.29) is 18.1 Å². The first-order valence-electron chi connectivity index (χ1n) is 10.3. The number of rotatable bonds is 6. The number of aliphatic hydroxyl groups excluding tert-OH is 1. The lowest BCUT2D eigenvalue weighted by Gasteiger charge is -2.37. The average molecular weight is 412 g/mol. The van der Waals surface area contributed by atoms with Crippen molar-refractivity contribution in [2.45, 2.75) is 44.2 Å². The summed E-state index contributed by atoms with van der Waals surface area (Å²) in [6.45, 7) is 2.50. The lowest BCUT2D eigenvalue weighted by Crippen LogP contribution is -2.34. The standard InChI is InChI=1S/C23H28N2O5/c1-5-30-20-11-15-16-10-13(26)6-8-18(16)24-22(17(15)12-19(20)27-2)14-7-9-21(28-3)25-23(14)29-4/h7,9,11-13,16,18,26H,5-6,8,10H2,1-4H3/t13-,16-,18-/m0/s1. The number of hydrogen-bond acceptors (Lipinski definition) is 7. The minimum absolute atomic E-state index is 0.0885. The van der Waals surface area contributed by atoms with Crippen LogP contribution < -0.4 is 18.9 Å². The van der Waals surface area contributed by atoms with E-state index in [4.69, 9.17) is 23.9 Å². The molecule has 0 bridgehead atoms. The Balaban J connectivity index is 1.91. The minimum atomic E-state index is -0.314. The Bertz CT molecular complexity index is 959. The van der Waals surface area contributed by atoms with E-state index in [1.807, 2.05) is 31.2 Å². The fourth-order valence-electron chi connectivity index (χ4n) is 4.46. The van der Waals surface area contributed by atoms with Crippen LogP contribution in [0.5, 0.6) is 23.3 Å². The van der Waals surface area contributed by atoms with Gasteiger partial charge in [0.1, 0.15) is 0 Å². The van der Waals surface area contributed by atoms with Crippen molar-refractivity contribution in [2.75, 3.05) is 27.9 Å². The summed E-state index contributed by atoms with van der Waals surface area (Å²) in [5, 5.41) is 10.3. The molecule has 1 aromatic carbocycles. The van der Waals surface area contributed by atoms with E-state index in [0.29, 0.717) is 36.3 Å². The number of nitrogens with zero attached hydrogens (tertiary/aromatic N) is 2. The summed E-state index contributed by atoms with van der Waals surface area (Å²) in [7, 11) is 4.80. The largest absolute Gasteiger partial charge is 0.493 e. The molecule has 0 spiro atoms. The molecule has 160 valence electrons. The molecule has 1 aliphatic heterocycles. The number of methoxy groups -OCH3 is 3. The molecule has 0 unspecified atom stereocenters. The van der Waals surface area contributed by atoms with E-state index in [9.17, 15) is 5.11 Å². The summed E-state index contributed by atoms with van der Waals surface area (Å²) >= 11 is 0. The first kappa shape index (κ1) is 20.5. The highest BCUT2D eigenvalue weighted by Gasteiger charge is 2.38. The molecule has 1 aliphatic carbocycles. The van der Waals surface area contributed by atoms with Crippen LogP contribution in [0.25, 0.3) is 0 Å². The molecule has 2 aliphatic rings. The fourth-order valence-corrected chi connectivity index (χ4v) is 4.46. The minimum Gasteiger partial charge on any atom is -0.493 e. The summed E-state index contributed by atoms with van der Waals surface area (Å²) in [5.41, 5.74) is 3.69. The van der Waals surface area contributed by atoms with Gasteiger partial charge in [0.25, 0.3) is 0 Å². The van der Waals surface area contributed by atoms with Crippen molar-refractivity contribution in [3.05, 3.63) is 41.0 Å². The first-order chi connectivity index (χ1) is 14.6. The van der Waals surface area contributed by atoms with Gasteiger partial charge in [0.05, 0.1) is 51.4 Å². The molecule has 3 atom stereocenters. The van der Waals surface area contributed by atoms with Gasteiger partial charge in [-0.05, 0) is 49.9 Å². The van der Waals surface area contributed by atoms with Gasteiger partial charge in [-0.15, -0.1) is 0 Å². The molecular weight excluding hydrogens is 384 g/mol. The molecule has 2 heterocycles. The van der Waals surface area contributed by atoms with Crippen molar-refractivity contribution in [2.24, 2.45) is 4.99 Å². The molecule has 1 aromatic heterocycles. The zero-order valence-electron chi connectivity index (χ0n) is 17.8. The number of ether oxygens (including phenoxy) is 4. The maximum absolute atomic E-state index is 10.3. The van der Waals surface area contributed by atoms with Crippen molar-refractivity contribution < 1.29 is 24.1 Å². The van der Waals surface area contributed by atoms with E-state index in [2.05, 4.69) is 4.98 Å². The lowest BCUT2D eigenvalue weighted by atomic mass is 9.74. The highest BCUT2D eigenvalue weighted by atomic mass is 16.5. The molecule has 1 fully saturated rings. The van der Waals surface area contributed by atoms with E-state index in [0.717, 1.165) is 35.2 Å². The predicted molar refractivity (Wildman–Crippen MR) is 114 cm³/mol. The molecule has 7 heteroatoms. The third-order valence-electron chi connectivity index (χ3n) is 5.86. The Hall–Kier alpha value is -2.80. The van der Waals surface area contributed by atoms with E-state index in [1.54, 1.807) is 21.3 Å². The van der Waals surface area contributed by atoms with Crippen LogP contribution >= 0.6 is 0 Å². The molecule has 1 N–H and O–H groups in total. The maximum Gasteiger partial charge on any atom is 0.226 e. The highest BCUT2D eigenvalue weighted by Crippen LogP contribution is 2.45. The topological polar surface area (TPSA) is 82.4 Å². The monoisotopic (exact) mass is 412 g/mol. The van der Waals surface area contributed by atoms with Gasteiger partial charge in [-0.1, -0.05) is 0 Å². The second-order valence-corrected chi connectivity index (χ2v) is 7.55. The Morgan fingerprint density at radius 2 is 1.83 bits per heavy atom. The van der Waals surface area contributed by atoms with E-state index < -0.39 is 0 Å². The Morgan fingerprint density at radius 3 is 2.53 bits per heavy atom. The van der Waals surface area contributed by atoms with Crippen LogP contribution in [0.1, 0.15) is 48.8 Å². The summed E-state index contributed by atoms with van der Waals surface area (Å²) in [6.07, 6.45) is 1.95. The summed E-state index contributed by atoms with van der Waals surface area (Å²) in [6, 6.07) is 7.84. The molecule has 7 nitrogen and oxygen atoms in total. The molecule has 0 radical (unpaired) electrons. The molecule has 30 heavy (non-hydrogen) atoms. The van der Waals surface area contributed by atoms with Crippen LogP contribution in [0.3, 0.4) is 0 Å². The van der Waals surface area contributed by atoms with Crippen LogP contribution in [0.4, 0.5) is 0 Å². The summed E-state index contributed by atoms with van der Waals surface area (Å²) < 4.78 is 22.2. The lowest BCUT2D eigenvalue weighted by molar-refractivity contribution is 0.111. The van der Waals surface area contributed by atoms with Gasteiger partial charge in [0.2, 0.25) is 11.8 Å². The van der Waals surface area contributed by atoms with Crippen molar-refractivity contribution in [1.29, 1.82) is 0 Å². The van der Waals surface area contributed by atoms with Crippen LogP contribution in [-0.4, -0.2) is 55.9 Å². The molecule has 2 aromatic rings. The van der Waals surface area contributed by atoms with Crippen LogP contribution in [-0.2, 0) is 0 Å². The highest BCUT2D eigenvalue weighted by molar-refractivity contribution is 6.16. The molecule has 0 amide bonds. The van der Waals surface area contributed by atoms with Crippen LogP contribution in [0.2, 0.25) is 0 Å². The van der Waals surface area contributed by atoms with E-state index in [1.165, 1.54) is 0 Å².